The van der Waals surface area contributed by atoms with Crippen molar-refractivity contribution >= 4 is 17.7 Å². The van der Waals surface area contributed by atoms with Gasteiger partial charge in [0.15, 0.2) is 0 Å². The number of hydrogen-bond donors (Lipinski definition) is 2. The van der Waals surface area contributed by atoms with Crippen molar-refractivity contribution in [3.63, 3.8) is 0 Å². The zero-order chi connectivity index (χ0) is 16.1. The summed E-state index contributed by atoms with van der Waals surface area (Å²) in [6, 6.07) is 3.64. The van der Waals surface area contributed by atoms with Crippen molar-refractivity contribution in [1.82, 2.24) is 20.3 Å². The second kappa shape index (κ2) is 7.15. The molecule has 120 valence electrons. The molecule has 0 bridgehead atoms. The fraction of sp³-hybridized carbons (Fsp3) is 0.375. The molecule has 7 nitrogen and oxygen atoms in total. The summed E-state index contributed by atoms with van der Waals surface area (Å²) in [5.41, 5.74) is 3.02. The highest BCUT2D eigenvalue weighted by molar-refractivity contribution is 5.72. The molecule has 0 saturated heterocycles. The fourth-order valence-electron chi connectivity index (χ4n) is 2.39. The van der Waals surface area contributed by atoms with Gasteiger partial charge in [-0.1, -0.05) is 6.07 Å². The molecule has 0 atom stereocenters. The van der Waals surface area contributed by atoms with Crippen LogP contribution >= 0.6 is 0 Å². The van der Waals surface area contributed by atoms with Crippen LogP contribution in [0.25, 0.3) is 0 Å². The molecule has 0 spiro atoms. The minimum Gasteiger partial charge on any atom is -0.466 e. The third kappa shape index (κ3) is 4.01. The molecule has 0 aromatic carbocycles. The minimum atomic E-state index is -0.250. The largest absolute Gasteiger partial charge is 0.466 e. The molecule has 0 amide bonds. The number of anilines is 2. The lowest BCUT2D eigenvalue weighted by Crippen LogP contribution is -2.25. The van der Waals surface area contributed by atoms with Crippen molar-refractivity contribution in [2.24, 2.45) is 0 Å². The normalized spacial score (nSPS) is 13.3. The number of esters is 1. The second-order valence-corrected chi connectivity index (χ2v) is 5.25. The Bertz CT molecular complexity index is 687. The molecule has 0 fully saturated rings. The Labute approximate surface area is 134 Å². The minimum absolute atomic E-state index is 0.224. The number of carbonyl (C=O) groups is 1. The highest BCUT2D eigenvalue weighted by atomic mass is 16.5. The summed E-state index contributed by atoms with van der Waals surface area (Å²) < 4.78 is 4.92. The van der Waals surface area contributed by atoms with Crippen molar-refractivity contribution in [2.45, 2.75) is 26.3 Å². The summed E-state index contributed by atoms with van der Waals surface area (Å²) in [4.78, 5) is 24.5. The van der Waals surface area contributed by atoms with Crippen molar-refractivity contribution in [3.8, 4) is 0 Å². The topological polar surface area (TPSA) is 89.0 Å². The molecule has 23 heavy (non-hydrogen) atoms. The van der Waals surface area contributed by atoms with E-state index in [1.165, 1.54) is 5.56 Å². The number of carbonyl (C=O) groups excluding carboxylic acids is 1. The zero-order valence-corrected chi connectivity index (χ0v) is 13.0. The second-order valence-electron chi connectivity index (χ2n) is 5.25. The molecular weight excluding hydrogens is 294 g/mol. The van der Waals surface area contributed by atoms with Gasteiger partial charge in [-0.15, -0.1) is 0 Å². The van der Waals surface area contributed by atoms with Gasteiger partial charge in [-0.2, -0.15) is 0 Å². The van der Waals surface area contributed by atoms with Crippen LogP contribution in [0.3, 0.4) is 0 Å². The Morgan fingerprint density at radius 3 is 3.04 bits per heavy atom. The van der Waals surface area contributed by atoms with Gasteiger partial charge >= 0.3 is 5.97 Å². The molecule has 0 saturated carbocycles. The van der Waals surface area contributed by atoms with E-state index in [1.807, 2.05) is 12.3 Å². The summed E-state index contributed by atoms with van der Waals surface area (Å²) in [7, 11) is 0. The Hall–Kier alpha value is -2.54. The molecule has 0 radical (unpaired) electrons. The number of pyridine rings is 1. The van der Waals surface area contributed by atoms with Crippen LogP contribution in [0.15, 0.2) is 24.5 Å². The SMILES string of the molecule is CCOC(=O)Cc1ccc(Nc2ncc3c(n2)CNCC3)nc1. The smallest absolute Gasteiger partial charge is 0.310 e. The van der Waals surface area contributed by atoms with Gasteiger partial charge < -0.3 is 15.4 Å². The zero-order valence-electron chi connectivity index (χ0n) is 13.0. The van der Waals surface area contributed by atoms with Crippen molar-refractivity contribution in [2.75, 3.05) is 18.5 Å². The van der Waals surface area contributed by atoms with E-state index in [-0.39, 0.29) is 12.4 Å². The maximum absolute atomic E-state index is 11.4. The van der Waals surface area contributed by atoms with Crippen LogP contribution in [0.1, 0.15) is 23.7 Å². The Balaban J connectivity index is 1.65. The molecule has 7 heteroatoms. The number of fused-ring (bicyclic) bond motifs is 1. The van der Waals surface area contributed by atoms with E-state index >= 15 is 0 Å². The van der Waals surface area contributed by atoms with E-state index in [0.29, 0.717) is 18.4 Å². The number of hydrogen-bond acceptors (Lipinski definition) is 7. The van der Waals surface area contributed by atoms with Gasteiger partial charge in [0.05, 0.1) is 18.7 Å². The monoisotopic (exact) mass is 313 g/mol. The van der Waals surface area contributed by atoms with Crippen molar-refractivity contribution in [3.05, 3.63) is 41.3 Å². The number of nitrogens with one attached hydrogen (secondary N) is 2. The molecule has 3 heterocycles. The molecule has 1 aliphatic rings. The van der Waals surface area contributed by atoms with Crippen molar-refractivity contribution in [1.29, 1.82) is 0 Å². The number of nitrogens with zero attached hydrogens (tertiary/aromatic N) is 3. The molecule has 2 aromatic rings. The van der Waals surface area contributed by atoms with Crippen LogP contribution in [0.5, 0.6) is 0 Å². The molecular formula is C16H19N5O2. The third-order valence-corrected chi connectivity index (χ3v) is 3.54. The fourth-order valence-corrected chi connectivity index (χ4v) is 2.39. The molecule has 1 aliphatic heterocycles. The van der Waals surface area contributed by atoms with E-state index in [1.54, 1.807) is 19.2 Å². The van der Waals surface area contributed by atoms with Gasteiger partial charge in [0, 0.05) is 18.9 Å². The first-order chi connectivity index (χ1) is 11.2. The van der Waals surface area contributed by atoms with Gasteiger partial charge in [-0.25, -0.2) is 15.0 Å². The predicted octanol–water partition coefficient (Wildman–Crippen LogP) is 1.37. The van der Waals surface area contributed by atoms with Crippen molar-refractivity contribution < 1.29 is 9.53 Å². The van der Waals surface area contributed by atoms with Gasteiger partial charge in [0.2, 0.25) is 5.95 Å². The molecule has 0 aliphatic carbocycles. The average molecular weight is 313 g/mol. The van der Waals surface area contributed by atoms with Gasteiger partial charge in [0.25, 0.3) is 0 Å². The molecule has 3 rings (SSSR count). The molecule has 2 N–H and O–H groups in total. The molecule has 2 aromatic heterocycles. The van der Waals surface area contributed by atoms with Crippen LogP contribution in [0, 0.1) is 0 Å². The first-order valence-electron chi connectivity index (χ1n) is 7.67. The van der Waals surface area contributed by atoms with Crippen LogP contribution < -0.4 is 10.6 Å². The summed E-state index contributed by atoms with van der Waals surface area (Å²) >= 11 is 0. The van der Waals surface area contributed by atoms with Gasteiger partial charge in [-0.05, 0) is 37.1 Å². The van der Waals surface area contributed by atoms with E-state index in [0.717, 1.165) is 30.8 Å². The maximum Gasteiger partial charge on any atom is 0.310 e. The lowest BCUT2D eigenvalue weighted by Gasteiger charge is -2.16. The van der Waals surface area contributed by atoms with E-state index in [2.05, 4.69) is 25.6 Å². The highest BCUT2D eigenvalue weighted by Gasteiger charge is 2.12. The summed E-state index contributed by atoms with van der Waals surface area (Å²) in [5.74, 6) is 0.917. The quantitative estimate of drug-likeness (QED) is 0.806. The first kappa shape index (κ1) is 15.4. The van der Waals surface area contributed by atoms with Crippen LogP contribution in [0.2, 0.25) is 0 Å². The standard InChI is InChI=1S/C16H19N5O2/c1-2-23-15(22)7-11-3-4-14(18-8-11)21-16-19-9-12-5-6-17-10-13(12)20-16/h3-4,8-9,17H,2,5-7,10H2,1H3,(H,18,19,20,21). The highest BCUT2D eigenvalue weighted by Crippen LogP contribution is 2.15. The van der Waals surface area contributed by atoms with Crippen LogP contribution in [-0.4, -0.2) is 34.1 Å². The predicted molar refractivity (Wildman–Crippen MR) is 85.3 cm³/mol. The summed E-state index contributed by atoms with van der Waals surface area (Å²) in [5, 5.41) is 6.37. The third-order valence-electron chi connectivity index (χ3n) is 3.54. The first-order valence-corrected chi connectivity index (χ1v) is 7.67. The van der Waals surface area contributed by atoms with E-state index in [9.17, 15) is 4.79 Å². The van der Waals surface area contributed by atoms with Crippen LogP contribution in [0.4, 0.5) is 11.8 Å². The Morgan fingerprint density at radius 1 is 1.35 bits per heavy atom. The van der Waals surface area contributed by atoms with Gasteiger partial charge in [0.1, 0.15) is 5.82 Å². The maximum atomic E-state index is 11.4. The van der Waals surface area contributed by atoms with E-state index < -0.39 is 0 Å². The number of ether oxygens (including phenoxy) is 1. The molecule has 0 unspecified atom stereocenters. The lowest BCUT2D eigenvalue weighted by atomic mass is 10.1. The van der Waals surface area contributed by atoms with Gasteiger partial charge in [-0.3, -0.25) is 4.79 Å². The Kier molecular flexibility index (Phi) is 4.77. The average Bonchev–Trinajstić information content (AvgIpc) is 2.57. The number of aromatic nitrogens is 3. The van der Waals surface area contributed by atoms with Crippen LogP contribution in [-0.2, 0) is 28.9 Å². The Morgan fingerprint density at radius 2 is 2.26 bits per heavy atom. The summed E-state index contributed by atoms with van der Waals surface area (Å²) in [6.07, 6.45) is 4.69. The summed E-state index contributed by atoms with van der Waals surface area (Å²) in [6.45, 7) is 3.90. The number of rotatable bonds is 5. The lowest BCUT2D eigenvalue weighted by molar-refractivity contribution is -0.142. The van der Waals surface area contributed by atoms with E-state index in [4.69, 9.17) is 4.74 Å².